The third-order valence-electron chi connectivity index (χ3n) is 3.29. The summed E-state index contributed by atoms with van der Waals surface area (Å²) in [5.41, 5.74) is 0.957. The van der Waals surface area contributed by atoms with E-state index >= 15 is 0 Å². The monoisotopic (exact) mass is 316 g/mol. The minimum Gasteiger partial charge on any atom is -0.497 e. The number of ketones is 1. The summed E-state index contributed by atoms with van der Waals surface area (Å²) in [5.74, 6) is -1.46. The number of aryl methyl sites for hydroxylation is 1. The predicted molar refractivity (Wildman–Crippen MR) is 83.8 cm³/mol. The smallest absolute Gasteiger partial charge is 0.291 e. The molecule has 1 heterocycles. The van der Waals surface area contributed by atoms with Crippen LogP contribution in [0, 0.1) is 5.95 Å². The fraction of sp³-hybridized carbons (Fsp3) is 0.235. The highest BCUT2D eigenvalue weighted by Crippen LogP contribution is 2.14. The lowest BCUT2D eigenvalue weighted by Crippen LogP contribution is -2.23. The number of halogens is 1. The molecule has 2 rings (SSSR count). The van der Waals surface area contributed by atoms with Crippen LogP contribution in [0.5, 0.6) is 5.75 Å². The topological polar surface area (TPSA) is 68.3 Å². The number of rotatable bonds is 7. The van der Waals surface area contributed by atoms with Crippen molar-refractivity contribution < 1.29 is 18.7 Å². The van der Waals surface area contributed by atoms with Gasteiger partial charge in [0.2, 0.25) is 11.7 Å². The largest absolute Gasteiger partial charge is 0.497 e. The van der Waals surface area contributed by atoms with Gasteiger partial charge in [0, 0.05) is 12.6 Å². The summed E-state index contributed by atoms with van der Waals surface area (Å²) in [6, 6.07) is 10.3. The molecule has 0 radical (unpaired) electrons. The lowest BCUT2D eigenvalue weighted by molar-refractivity contribution is -0.134. The Morgan fingerprint density at radius 2 is 1.96 bits per heavy atom. The van der Waals surface area contributed by atoms with Gasteiger partial charge in [-0.25, -0.2) is 4.98 Å². The predicted octanol–water partition coefficient (Wildman–Crippen LogP) is 2.76. The van der Waals surface area contributed by atoms with E-state index in [2.05, 4.69) is 10.3 Å². The van der Waals surface area contributed by atoms with Gasteiger partial charge in [-0.15, -0.1) is 0 Å². The zero-order chi connectivity index (χ0) is 16.7. The number of benzene rings is 1. The van der Waals surface area contributed by atoms with Crippen LogP contribution in [0.4, 0.5) is 10.1 Å². The van der Waals surface area contributed by atoms with Crippen LogP contribution in [0.15, 0.2) is 42.6 Å². The van der Waals surface area contributed by atoms with Gasteiger partial charge in [0.05, 0.1) is 12.8 Å². The molecule has 6 heteroatoms. The van der Waals surface area contributed by atoms with Gasteiger partial charge in [0.1, 0.15) is 5.75 Å². The first-order chi connectivity index (χ1) is 11.1. The molecule has 2 aromatic rings. The second-order valence-corrected chi connectivity index (χ2v) is 4.92. The third kappa shape index (κ3) is 4.88. The van der Waals surface area contributed by atoms with Crippen molar-refractivity contribution in [2.75, 3.05) is 12.4 Å². The van der Waals surface area contributed by atoms with Crippen molar-refractivity contribution in [2.45, 2.75) is 19.3 Å². The quantitative estimate of drug-likeness (QED) is 0.630. The maximum atomic E-state index is 13.3. The van der Waals surface area contributed by atoms with Crippen LogP contribution in [-0.2, 0) is 16.0 Å². The summed E-state index contributed by atoms with van der Waals surface area (Å²) in [5, 5.41) is 2.23. The molecule has 0 saturated carbocycles. The summed E-state index contributed by atoms with van der Waals surface area (Å²) in [6.45, 7) is 0. The molecule has 0 aliphatic carbocycles. The van der Waals surface area contributed by atoms with E-state index in [4.69, 9.17) is 4.74 Å². The van der Waals surface area contributed by atoms with Gasteiger partial charge in [0.15, 0.2) is 0 Å². The van der Waals surface area contributed by atoms with Crippen molar-refractivity contribution in [3.63, 3.8) is 0 Å². The highest BCUT2D eigenvalue weighted by molar-refractivity contribution is 6.40. The molecule has 0 fully saturated rings. The van der Waals surface area contributed by atoms with Crippen molar-refractivity contribution in [3.8, 4) is 5.75 Å². The Bertz CT molecular complexity index is 686. The molecule has 1 N–H and O–H groups in total. The van der Waals surface area contributed by atoms with Gasteiger partial charge >= 0.3 is 0 Å². The maximum Gasteiger partial charge on any atom is 0.291 e. The van der Waals surface area contributed by atoms with E-state index in [0.29, 0.717) is 12.8 Å². The first-order valence-corrected chi connectivity index (χ1v) is 7.18. The maximum absolute atomic E-state index is 13.3. The summed E-state index contributed by atoms with van der Waals surface area (Å²) >= 11 is 0. The second kappa shape index (κ2) is 8.03. The molecule has 0 aliphatic rings. The molecular weight excluding hydrogens is 299 g/mol. The van der Waals surface area contributed by atoms with E-state index in [-0.39, 0.29) is 12.1 Å². The van der Waals surface area contributed by atoms with Crippen LogP contribution < -0.4 is 10.1 Å². The number of Topliss-reactive ketones (excluding diaryl/α,β-unsaturated/α-hetero) is 1. The zero-order valence-corrected chi connectivity index (χ0v) is 12.7. The SMILES string of the molecule is COc1ccc(CCCC(=O)C(=O)Nc2cccnc2F)cc1. The Kier molecular flexibility index (Phi) is 5.80. The van der Waals surface area contributed by atoms with E-state index in [1.807, 2.05) is 24.3 Å². The number of nitrogens with one attached hydrogen (secondary N) is 1. The first-order valence-electron chi connectivity index (χ1n) is 7.18. The number of amides is 1. The highest BCUT2D eigenvalue weighted by atomic mass is 19.1. The molecule has 0 spiro atoms. The summed E-state index contributed by atoms with van der Waals surface area (Å²) in [4.78, 5) is 26.9. The molecular formula is C17H17FN2O3. The Labute approximate surface area is 133 Å². The van der Waals surface area contributed by atoms with E-state index in [1.165, 1.54) is 18.3 Å². The number of pyridine rings is 1. The summed E-state index contributed by atoms with van der Waals surface area (Å²) in [7, 11) is 1.59. The number of hydrogen-bond acceptors (Lipinski definition) is 4. The van der Waals surface area contributed by atoms with Gasteiger partial charge in [-0.05, 0) is 42.7 Å². The minimum atomic E-state index is -0.827. The van der Waals surface area contributed by atoms with Crippen LogP contribution in [-0.4, -0.2) is 23.8 Å². The zero-order valence-electron chi connectivity index (χ0n) is 12.7. The van der Waals surface area contributed by atoms with E-state index in [9.17, 15) is 14.0 Å². The average Bonchev–Trinajstić information content (AvgIpc) is 2.57. The van der Waals surface area contributed by atoms with Crippen molar-refractivity contribution in [2.24, 2.45) is 0 Å². The molecule has 0 saturated heterocycles. The van der Waals surface area contributed by atoms with Crippen molar-refractivity contribution in [3.05, 3.63) is 54.1 Å². The molecule has 1 amide bonds. The molecule has 120 valence electrons. The average molecular weight is 316 g/mol. The first kappa shape index (κ1) is 16.6. The molecule has 0 unspecified atom stereocenters. The number of methoxy groups -OCH3 is 1. The Morgan fingerprint density at radius 3 is 2.61 bits per heavy atom. The Hall–Kier alpha value is -2.76. The molecule has 0 bridgehead atoms. The van der Waals surface area contributed by atoms with Crippen LogP contribution in [0.1, 0.15) is 18.4 Å². The molecule has 23 heavy (non-hydrogen) atoms. The fourth-order valence-electron chi connectivity index (χ4n) is 2.03. The molecule has 1 aromatic heterocycles. The third-order valence-corrected chi connectivity index (χ3v) is 3.29. The van der Waals surface area contributed by atoms with E-state index in [1.54, 1.807) is 7.11 Å². The number of anilines is 1. The van der Waals surface area contributed by atoms with Crippen molar-refractivity contribution >= 4 is 17.4 Å². The molecule has 5 nitrogen and oxygen atoms in total. The number of nitrogens with zero attached hydrogens (tertiary/aromatic N) is 1. The van der Waals surface area contributed by atoms with Crippen LogP contribution in [0.2, 0.25) is 0 Å². The Morgan fingerprint density at radius 1 is 1.22 bits per heavy atom. The van der Waals surface area contributed by atoms with Gasteiger partial charge in [-0.2, -0.15) is 4.39 Å². The lowest BCUT2D eigenvalue weighted by atomic mass is 10.1. The lowest BCUT2D eigenvalue weighted by Gasteiger charge is -2.05. The molecule has 1 aromatic carbocycles. The van der Waals surface area contributed by atoms with E-state index < -0.39 is 17.6 Å². The van der Waals surface area contributed by atoms with E-state index in [0.717, 1.165) is 11.3 Å². The minimum absolute atomic E-state index is 0.0963. The number of carbonyl (C=O) groups is 2. The standard InChI is InChI=1S/C17H17FN2O3/c1-23-13-9-7-12(8-10-13)4-2-6-15(21)17(22)20-14-5-3-11-19-16(14)18/h3,5,7-11H,2,4,6H2,1H3,(H,20,22). The normalized spacial score (nSPS) is 10.2. The Balaban J connectivity index is 1.79. The number of ether oxygens (including phenoxy) is 1. The van der Waals surface area contributed by atoms with Crippen molar-refractivity contribution in [1.82, 2.24) is 4.98 Å². The van der Waals surface area contributed by atoms with Gasteiger partial charge < -0.3 is 10.1 Å². The van der Waals surface area contributed by atoms with Crippen LogP contribution in [0.3, 0.4) is 0 Å². The van der Waals surface area contributed by atoms with Crippen LogP contribution >= 0.6 is 0 Å². The van der Waals surface area contributed by atoms with Crippen molar-refractivity contribution in [1.29, 1.82) is 0 Å². The summed E-state index contributed by atoms with van der Waals surface area (Å²) in [6.07, 6.45) is 2.57. The van der Waals surface area contributed by atoms with Gasteiger partial charge in [0.25, 0.3) is 5.91 Å². The van der Waals surface area contributed by atoms with Crippen LogP contribution in [0.25, 0.3) is 0 Å². The molecule has 0 atom stereocenters. The van der Waals surface area contributed by atoms with Gasteiger partial charge in [-0.1, -0.05) is 12.1 Å². The second-order valence-electron chi connectivity index (χ2n) is 4.92. The highest BCUT2D eigenvalue weighted by Gasteiger charge is 2.15. The number of hydrogen-bond donors (Lipinski definition) is 1. The van der Waals surface area contributed by atoms with Gasteiger partial charge in [-0.3, -0.25) is 9.59 Å². The molecule has 0 aliphatic heterocycles. The fourth-order valence-corrected chi connectivity index (χ4v) is 2.03. The summed E-state index contributed by atoms with van der Waals surface area (Å²) < 4.78 is 18.4. The number of aromatic nitrogens is 1. The number of carbonyl (C=O) groups excluding carboxylic acids is 2.